The number of pyridine rings is 1. The van der Waals surface area contributed by atoms with Crippen LogP contribution >= 0.6 is 0 Å². The second-order valence-electron chi connectivity index (χ2n) is 3.87. The molecule has 1 aromatic rings. The molecule has 0 spiro atoms. The van der Waals surface area contributed by atoms with Gasteiger partial charge in [-0.05, 0) is 18.6 Å². The number of hydrogen-bond donors (Lipinski definition) is 1. The summed E-state index contributed by atoms with van der Waals surface area (Å²) < 4.78 is 5.22. The normalized spacial score (nSPS) is 20.1. The first kappa shape index (κ1) is 10.9. The van der Waals surface area contributed by atoms with E-state index in [1.54, 1.807) is 24.1 Å². The van der Waals surface area contributed by atoms with Crippen molar-refractivity contribution in [1.29, 1.82) is 0 Å². The summed E-state index contributed by atoms with van der Waals surface area (Å²) in [6.07, 6.45) is 2.56. The molecule has 0 aromatic carbocycles. The van der Waals surface area contributed by atoms with Crippen LogP contribution in [-0.4, -0.2) is 42.1 Å². The fraction of sp³-hybridized carbons (Fsp3) is 0.455. The molecule has 0 aliphatic carbocycles. The number of methoxy groups -OCH3 is 1. The summed E-state index contributed by atoms with van der Waals surface area (Å²) in [5.41, 5.74) is 6.04. The Kier molecular flexibility index (Phi) is 3.05. The van der Waals surface area contributed by atoms with Gasteiger partial charge < -0.3 is 15.4 Å². The summed E-state index contributed by atoms with van der Waals surface area (Å²) in [5, 5.41) is 0. The number of carbonyl (C=O) groups is 1. The fourth-order valence-electron chi connectivity index (χ4n) is 1.82. The maximum atomic E-state index is 12.0. The van der Waals surface area contributed by atoms with E-state index in [1.807, 2.05) is 0 Å². The number of likely N-dealkylation sites (tertiary alicyclic amines) is 1. The van der Waals surface area contributed by atoms with Gasteiger partial charge in [0.25, 0.3) is 5.91 Å². The van der Waals surface area contributed by atoms with Crippen LogP contribution < -0.4 is 5.73 Å². The van der Waals surface area contributed by atoms with E-state index in [9.17, 15) is 4.79 Å². The molecule has 1 atom stereocenters. The quantitative estimate of drug-likeness (QED) is 0.790. The molecule has 0 radical (unpaired) electrons. The lowest BCUT2D eigenvalue weighted by atomic mass is 10.2. The standard InChI is InChI=1S/C11H15N3O2/c1-16-9-4-5-14(7-9)11(15)8-2-3-10(12)13-6-8/h2-3,6,9H,4-5,7H2,1H3,(H2,12,13). The minimum atomic E-state index is -0.00736. The van der Waals surface area contributed by atoms with Crippen molar-refractivity contribution in [2.24, 2.45) is 0 Å². The molecule has 1 aliphatic heterocycles. The molecule has 16 heavy (non-hydrogen) atoms. The van der Waals surface area contributed by atoms with Gasteiger partial charge in [-0.1, -0.05) is 0 Å². The molecule has 5 heteroatoms. The van der Waals surface area contributed by atoms with E-state index in [0.29, 0.717) is 17.9 Å². The number of nitrogens with two attached hydrogens (primary N) is 1. The van der Waals surface area contributed by atoms with Crippen molar-refractivity contribution >= 4 is 11.7 Å². The molecular formula is C11H15N3O2. The number of anilines is 1. The van der Waals surface area contributed by atoms with E-state index >= 15 is 0 Å². The Morgan fingerprint density at radius 2 is 2.44 bits per heavy atom. The van der Waals surface area contributed by atoms with E-state index in [2.05, 4.69) is 4.98 Å². The van der Waals surface area contributed by atoms with Crippen LogP contribution in [0.1, 0.15) is 16.8 Å². The van der Waals surface area contributed by atoms with Crippen LogP contribution in [0.5, 0.6) is 0 Å². The third-order valence-electron chi connectivity index (χ3n) is 2.80. The molecule has 1 aromatic heterocycles. The molecule has 2 N–H and O–H groups in total. The molecule has 0 bridgehead atoms. The van der Waals surface area contributed by atoms with Crippen LogP contribution in [0.4, 0.5) is 5.82 Å². The monoisotopic (exact) mass is 221 g/mol. The average molecular weight is 221 g/mol. The maximum Gasteiger partial charge on any atom is 0.255 e. The fourth-order valence-corrected chi connectivity index (χ4v) is 1.82. The van der Waals surface area contributed by atoms with Gasteiger partial charge in [-0.25, -0.2) is 4.98 Å². The summed E-state index contributed by atoms with van der Waals surface area (Å²) in [4.78, 5) is 17.7. The Balaban J connectivity index is 2.05. The number of rotatable bonds is 2. The van der Waals surface area contributed by atoms with Gasteiger partial charge in [0.2, 0.25) is 0 Å². The molecule has 86 valence electrons. The summed E-state index contributed by atoms with van der Waals surface area (Å²) >= 11 is 0. The van der Waals surface area contributed by atoms with Gasteiger partial charge in [0.1, 0.15) is 5.82 Å². The van der Waals surface area contributed by atoms with Crippen molar-refractivity contribution in [1.82, 2.24) is 9.88 Å². The third kappa shape index (κ3) is 2.14. The lowest BCUT2D eigenvalue weighted by Crippen LogP contribution is -2.30. The van der Waals surface area contributed by atoms with Gasteiger partial charge >= 0.3 is 0 Å². The highest BCUT2D eigenvalue weighted by molar-refractivity contribution is 5.94. The van der Waals surface area contributed by atoms with Crippen molar-refractivity contribution in [3.8, 4) is 0 Å². The lowest BCUT2D eigenvalue weighted by molar-refractivity contribution is 0.0724. The molecule has 5 nitrogen and oxygen atoms in total. The van der Waals surface area contributed by atoms with Crippen LogP contribution in [0.25, 0.3) is 0 Å². The second-order valence-corrected chi connectivity index (χ2v) is 3.87. The maximum absolute atomic E-state index is 12.0. The number of carbonyl (C=O) groups excluding carboxylic acids is 1. The predicted octanol–water partition coefficient (Wildman–Crippen LogP) is 0.525. The summed E-state index contributed by atoms with van der Waals surface area (Å²) in [7, 11) is 1.67. The Morgan fingerprint density at radius 1 is 1.62 bits per heavy atom. The van der Waals surface area contributed by atoms with Crippen LogP contribution in [0.3, 0.4) is 0 Å². The van der Waals surface area contributed by atoms with Gasteiger partial charge in [-0.2, -0.15) is 0 Å². The van der Waals surface area contributed by atoms with E-state index in [-0.39, 0.29) is 12.0 Å². The molecule has 2 rings (SSSR count). The number of ether oxygens (including phenoxy) is 1. The molecule has 1 saturated heterocycles. The van der Waals surface area contributed by atoms with Gasteiger partial charge in [-0.3, -0.25) is 4.79 Å². The highest BCUT2D eigenvalue weighted by Crippen LogP contribution is 2.15. The van der Waals surface area contributed by atoms with Crippen LogP contribution in [0.15, 0.2) is 18.3 Å². The molecule has 1 aliphatic rings. The highest BCUT2D eigenvalue weighted by atomic mass is 16.5. The van der Waals surface area contributed by atoms with Crippen LogP contribution in [0.2, 0.25) is 0 Å². The topological polar surface area (TPSA) is 68.5 Å². The summed E-state index contributed by atoms with van der Waals surface area (Å²) in [6, 6.07) is 3.34. The van der Waals surface area contributed by atoms with Crippen molar-refractivity contribution < 1.29 is 9.53 Å². The zero-order valence-electron chi connectivity index (χ0n) is 9.22. The Hall–Kier alpha value is -1.62. The van der Waals surface area contributed by atoms with E-state index in [1.165, 1.54) is 6.20 Å². The van der Waals surface area contributed by atoms with Crippen LogP contribution in [0, 0.1) is 0 Å². The molecular weight excluding hydrogens is 206 g/mol. The second kappa shape index (κ2) is 4.49. The number of nitrogen functional groups attached to an aromatic ring is 1. The minimum absolute atomic E-state index is 0.00736. The third-order valence-corrected chi connectivity index (χ3v) is 2.80. The van der Waals surface area contributed by atoms with Crippen molar-refractivity contribution in [3.63, 3.8) is 0 Å². The Labute approximate surface area is 94.2 Å². The van der Waals surface area contributed by atoms with E-state index < -0.39 is 0 Å². The zero-order chi connectivity index (χ0) is 11.5. The summed E-state index contributed by atoms with van der Waals surface area (Å²) in [5.74, 6) is 0.416. The van der Waals surface area contributed by atoms with E-state index in [4.69, 9.17) is 10.5 Å². The predicted molar refractivity (Wildman–Crippen MR) is 60.0 cm³/mol. The minimum Gasteiger partial charge on any atom is -0.384 e. The number of hydrogen-bond acceptors (Lipinski definition) is 4. The number of aromatic nitrogens is 1. The molecule has 2 heterocycles. The Bertz CT molecular complexity index is 377. The SMILES string of the molecule is COC1CCN(C(=O)c2ccc(N)nc2)C1. The zero-order valence-corrected chi connectivity index (χ0v) is 9.22. The van der Waals surface area contributed by atoms with E-state index in [0.717, 1.165) is 13.0 Å². The van der Waals surface area contributed by atoms with Crippen LogP contribution in [-0.2, 0) is 4.74 Å². The first-order chi connectivity index (χ1) is 7.70. The lowest BCUT2D eigenvalue weighted by Gasteiger charge is -2.15. The van der Waals surface area contributed by atoms with Gasteiger partial charge in [-0.15, -0.1) is 0 Å². The Morgan fingerprint density at radius 3 is 3.00 bits per heavy atom. The van der Waals surface area contributed by atoms with Gasteiger partial charge in [0.05, 0.1) is 11.7 Å². The summed E-state index contributed by atoms with van der Waals surface area (Å²) in [6.45, 7) is 1.39. The molecule has 1 unspecified atom stereocenters. The van der Waals surface area contributed by atoms with Crippen molar-refractivity contribution in [2.75, 3.05) is 25.9 Å². The van der Waals surface area contributed by atoms with Crippen molar-refractivity contribution in [2.45, 2.75) is 12.5 Å². The number of amides is 1. The van der Waals surface area contributed by atoms with Crippen molar-refractivity contribution in [3.05, 3.63) is 23.9 Å². The molecule has 0 saturated carbocycles. The largest absolute Gasteiger partial charge is 0.384 e. The van der Waals surface area contributed by atoms with Gasteiger partial charge in [0, 0.05) is 26.4 Å². The molecule has 1 amide bonds. The number of nitrogens with zero attached hydrogens (tertiary/aromatic N) is 2. The first-order valence-corrected chi connectivity index (χ1v) is 5.24. The first-order valence-electron chi connectivity index (χ1n) is 5.24. The average Bonchev–Trinajstić information content (AvgIpc) is 2.77. The smallest absolute Gasteiger partial charge is 0.255 e. The van der Waals surface area contributed by atoms with Gasteiger partial charge in [0.15, 0.2) is 0 Å². The highest BCUT2D eigenvalue weighted by Gasteiger charge is 2.26. The molecule has 1 fully saturated rings.